The third-order valence-corrected chi connectivity index (χ3v) is 3.12. The van der Waals surface area contributed by atoms with Crippen LogP contribution in [0.15, 0.2) is 34.9 Å². The van der Waals surface area contributed by atoms with E-state index >= 15 is 0 Å². The van der Waals surface area contributed by atoms with E-state index in [9.17, 15) is 0 Å². The molecule has 0 aliphatic heterocycles. The number of hydrazine groups is 1. The summed E-state index contributed by atoms with van der Waals surface area (Å²) in [5.41, 5.74) is 6.44. The van der Waals surface area contributed by atoms with Crippen molar-refractivity contribution in [3.8, 4) is 0 Å². The fraction of sp³-hybridized carbons (Fsp3) is 0.611. The van der Waals surface area contributed by atoms with Crippen LogP contribution in [0.3, 0.4) is 0 Å². The maximum Gasteiger partial charge on any atom is 0.271 e. The van der Waals surface area contributed by atoms with Crippen LogP contribution < -0.4 is 11.3 Å². The zero-order valence-electron chi connectivity index (χ0n) is 15.2. The first-order chi connectivity index (χ1) is 10.5. The van der Waals surface area contributed by atoms with E-state index in [0.29, 0.717) is 6.61 Å². The number of nitrogens with two attached hydrogens (primary N) is 1. The molecule has 0 saturated heterocycles. The molecule has 0 amide bonds. The molecule has 0 aliphatic rings. The number of nitrogens with one attached hydrogen (secondary N) is 1. The number of thiocarbonyl (C=S) groups is 1. The summed E-state index contributed by atoms with van der Waals surface area (Å²) in [5, 5.41) is 0.226. The zero-order chi connectivity index (χ0) is 17.4. The molecule has 0 fully saturated rings. The molecule has 0 bridgehead atoms. The molecule has 3 N–H and O–H groups in total. The number of allylic oxidation sites excluding steroid dienone is 5. The summed E-state index contributed by atoms with van der Waals surface area (Å²) in [6, 6.07) is 0. The Morgan fingerprint density at radius 3 is 1.95 bits per heavy atom. The van der Waals surface area contributed by atoms with E-state index in [1.807, 2.05) is 19.9 Å². The summed E-state index contributed by atoms with van der Waals surface area (Å²) < 4.78 is 5.16. The van der Waals surface area contributed by atoms with Crippen LogP contribution in [-0.2, 0) is 4.74 Å². The molecule has 0 radical (unpaired) electrons. The lowest BCUT2D eigenvalue weighted by atomic mass is 10.1. The molecule has 0 rings (SSSR count). The van der Waals surface area contributed by atoms with Gasteiger partial charge in [-0.3, -0.25) is 5.43 Å². The summed E-state index contributed by atoms with van der Waals surface area (Å²) in [7, 11) is 0. The molecule has 4 heteroatoms. The number of hydrogen-bond acceptors (Lipinski definition) is 3. The lowest BCUT2D eigenvalue weighted by Crippen LogP contribution is -2.30. The Balaban J connectivity index is 0. The molecule has 0 saturated carbocycles. The van der Waals surface area contributed by atoms with Gasteiger partial charge in [-0.05, 0) is 71.7 Å². The van der Waals surface area contributed by atoms with Gasteiger partial charge in [0, 0.05) is 0 Å². The highest BCUT2D eigenvalue weighted by atomic mass is 32.1. The van der Waals surface area contributed by atoms with Crippen LogP contribution in [0.25, 0.3) is 0 Å². The number of ether oxygens (including phenoxy) is 1. The first-order valence-electron chi connectivity index (χ1n) is 8.03. The van der Waals surface area contributed by atoms with Crippen molar-refractivity contribution >= 4 is 17.4 Å². The van der Waals surface area contributed by atoms with E-state index in [0.717, 1.165) is 25.7 Å². The van der Waals surface area contributed by atoms with Crippen molar-refractivity contribution in [1.82, 2.24) is 5.43 Å². The maximum atomic E-state index is 5.16. The summed E-state index contributed by atoms with van der Waals surface area (Å²) in [6.45, 7) is 13.1. The molecule has 0 aromatic rings. The Hall–Kier alpha value is -1.13. The van der Waals surface area contributed by atoms with Gasteiger partial charge in [0.15, 0.2) is 0 Å². The minimum Gasteiger partial charge on any atom is -0.466 e. The van der Waals surface area contributed by atoms with Crippen molar-refractivity contribution in [3.63, 3.8) is 0 Å². The molecule has 22 heavy (non-hydrogen) atoms. The van der Waals surface area contributed by atoms with Crippen molar-refractivity contribution in [2.75, 3.05) is 6.61 Å². The SMILES string of the molecule is CC.CC(C)=CCC/C(C)=C/CC/C(C)=C/COC(=S)NN. The predicted octanol–water partition coefficient (Wildman–Crippen LogP) is 5.20. The highest BCUT2D eigenvalue weighted by molar-refractivity contribution is 7.80. The van der Waals surface area contributed by atoms with Gasteiger partial charge in [-0.15, -0.1) is 0 Å². The average Bonchev–Trinajstić information content (AvgIpc) is 2.48. The fourth-order valence-electron chi connectivity index (χ4n) is 1.64. The molecule has 0 heterocycles. The van der Waals surface area contributed by atoms with Crippen molar-refractivity contribution in [2.45, 2.75) is 67.2 Å². The normalized spacial score (nSPS) is 11.2. The van der Waals surface area contributed by atoms with Gasteiger partial charge in [0.05, 0.1) is 0 Å². The minimum atomic E-state index is 0.226. The molecule has 128 valence electrons. The monoisotopic (exact) mass is 326 g/mol. The third-order valence-electron chi connectivity index (χ3n) is 2.89. The van der Waals surface area contributed by atoms with Crippen LogP contribution in [0.5, 0.6) is 0 Å². The first kappa shape index (κ1) is 23.1. The summed E-state index contributed by atoms with van der Waals surface area (Å²) in [5.74, 6) is 5.11. The van der Waals surface area contributed by atoms with Gasteiger partial charge < -0.3 is 4.74 Å². The molecule has 0 atom stereocenters. The smallest absolute Gasteiger partial charge is 0.271 e. The van der Waals surface area contributed by atoms with Crippen LogP contribution in [0, 0.1) is 0 Å². The molecule has 0 aliphatic carbocycles. The largest absolute Gasteiger partial charge is 0.466 e. The maximum absolute atomic E-state index is 5.16. The van der Waals surface area contributed by atoms with Crippen LogP contribution in [-0.4, -0.2) is 11.8 Å². The van der Waals surface area contributed by atoms with Gasteiger partial charge in [-0.2, -0.15) is 0 Å². The van der Waals surface area contributed by atoms with Crippen molar-refractivity contribution in [2.24, 2.45) is 5.84 Å². The highest BCUT2D eigenvalue weighted by Crippen LogP contribution is 2.11. The predicted molar refractivity (Wildman–Crippen MR) is 103 cm³/mol. The Morgan fingerprint density at radius 2 is 1.45 bits per heavy atom. The Morgan fingerprint density at radius 1 is 0.955 bits per heavy atom. The second-order valence-corrected chi connectivity index (χ2v) is 5.57. The first-order valence-corrected chi connectivity index (χ1v) is 8.44. The van der Waals surface area contributed by atoms with Crippen LogP contribution in [0.1, 0.15) is 67.2 Å². The van der Waals surface area contributed by atoms with E-state index in [-0.39, 0.29) is 5.17 Å². The van der Waals surface area contributed by atoms with Crippen molar-refractivity contribution < 1.29 is 4.74 Å². The molecule has 0 aromatic carbocycles. The Labute approximate surface area is 142 Å². The average molecular weight is 327 g/mol. The van der Waals surface area contributed by atoms with E-state index in [2.05, 4.69) is 45.3 Å². The molecule has 0 unspecified atom stereocenters. The van der Waals surface area contributed by atoms with E-state index in [1.165, 1.54) is 16.7 Å². The van der Waals surface area contributed by atoms with Gasteiger partial charge in [-0.25, -0.2) is 5.84 Å². The van der Waals surface area contributed by atoms with E-state index in [4.69, 9.17) is 22.8 Å². The molecule has 0 spiro atoms. The van der Waals surface area contributed by atoms with Crippen LogP contribution in [0.4, 0.5) is 0 Å². The summed E-state index contributed by atoms with van der Waals surface area (Å²) >= 11 is 4.79. The van der Waals surface area contributed by atoms with E-state index in [1.54, 1.807) is 0 Å². The third kappa shape index (κ3) is 16.9. The number of hydrogen-bond donors (Lipinski definition) is 2. The van der Waals surface area contributed by atoms with Crippen molar-refractivity contribution in [3.05, 3.63) is 34.9 Å². The Kier molecular flexibility index (Phi) is 17.1. The van der Waals surface area contributed by atoms with E-state index < -0.39 is 0 Å². The molecular formula is C18H34N2OS. The van der Waals surface area contributed by atoms with Crippen LogP contribution in [0.2, 0.25) is 0 Å². The number of rotatable bonds is 8. The fourth-order valence-corrected chi connectivity index (χ4v) is 1.71. The highest BCUT2D eigenvalue weighted by Gasteiger charge is 1.93. The molecule has 0 aromatic heterocycles. The van der Waals surface area contributed by atoms with Crippen molar-refractivity contribution in [1.29, 1.82) is 0 Å². The lowest BCUT2D eigenvalue weighted by Gasteiger charge is -2.04. The topological polar surface area (TPSA) is 47.3 Å². The second kappa shape index (κ2) is 16.2. The quantitative estimate of drug-likeness (QED) is 0.279. The Bertz CT molecular complexity index is 381. The standard InChI is InChI=1S/C16H28N2OS.C2H6/c1-13(2)7-5-8-14(3)9-6-10-15(4)11-12-19-16(20)18-17;1-2/h7,9,11H,5-6,8,10,12,17H2,1-4H3,(H,18,20);1-2H3/b14-9+,15-11+;. The van der Waals surface area contributed by atoms with Gasteiger partial charge in [0.25, 0.3) is 5.17 Å². The summed E-state index contributed by atoms with van der Waals surface area (Å²) in [4.78, 5) is 0. The van der Waals surface area contributed by atoms with Crippen LogP contribution >= 0.6 is 12.2 Å². The van der Waals surface area contributed by atoms with Gasteiger partial charge in [0.1, 0.15) is 6.61 Å². The molecule has 3 nitrogen and oxygen atoms in total. The zero-order valence-corrected chi connectivity index (χ0v) is 16.0. The second-order valence-electron chi connectivity index (χ2n) is 5.20. The molecular weight excluding hydrogens is 292 g/mol. The summed E-state index contributed by atoms with van der Waals surface area (Å²) in [6.07, 6.45) is 11.0. The van der Waals surface area contributed by atoms with Gasteiger partial charge in [0.2, 0.25) is 0 Å². The lowest BCUT2D eigenvalue weighted by molar-refractivity contribution is 0.342. The minimum absolute atomic E-state index is 0.226. The van der Waals surface area contributed by atoms with Gasteiger partial charge >= 0.3 is 0 Å². The van der Waals surface area contributed by atoms with Gasteiger partial charge in [-0.1, -0.05) is 42.7 Å².